The standard InChI is InChI=1S/C22H18BrClN2O3/c1-13-10-15(23)12-19(20(13)29-2)22(28)26-18-8-6-17(7-9-18)25-21(27)14-4-3-5-16(24)11-14/h3-12H,1-2H3,(H,25,27)(H,26,28). The number of ether oxygens (including phenoxy) is 1. The summed E-state index contributed by atoms with van der Waals surface area (Å²) >= 11 is 9.32. The number of nitrogens with one attached hydrogen (secondary N) is 2. The van der Waals surface area contributed by atoms with Crippen molar-refractivity contribution in [3.63, 3.8) is 0 Å². The molecule has 0 aromatic heterocycles. The molecule has 0 unspecified atom stereocenters. The predicted molar refractivity (Wildman–Crippen MR) is 119 cm³/mol. The summed E-state index contributed by atoms with van der Waals surface area (Å²) in [6, 6.07) is 17.1. The summed E-state index contributed by atoms with van der Waals surface area (Å²) in [5, 5.41) is 6.13. The van der Waals surface area contributed by atoms with Crippen LogP contribution in [0.25, 0.3) is 0 Å². The van der Waals surface area contributed by atoms with E-state index in [0.717, 1.165) is 10.0 Å². The van der Waals surface area contributed by atoms with E-state index in [9.17, 15) is 9.59 Å². The van der Waals surface area contributed by atoms with E-state index < -0.39 is 0 Å². The molecule has 0 aliphatic rings. The fourth-order valence-corrected chi connectivity index (χ4v) is 3.60. The minimum atomic E-state index is -0.290. The molecule has 0 aliphatic heterocycles. The Hall–Kier alpha value is -2.83. The van der Waals surface area contributed by atoms with Crippen LogP contribution in [0.5, 0.6) is 5.75 Å². The summed E-state index contributed by atoms with van der Waals surface area (Å²) in [5.41, 5.74) is 2.94. The zero-order chi connectivity index (χ0) is 21.0. The van der Waals surface area contributed by atoms with E-state index in [1.54, 1.807) is 54.6 Å². The van der Waals surface area contributed by atoms with E-state index in [2.05, 4.69) is 26.6 Å². The molecule has 29 heavy (non-hydrogen) atoms. The molecule has 7 heteroatoms. The molecule has 3 rings (SSSR count). The minimum Gasteiger partial charge on any atom is -0.496 e. The van der Waals surface area contributed by atoms with Gasteiger partial charge in [-0.05, 0) is 67.1 Å². The van der Waals surface area contributed by atoms with Gasteiger partial charge in [-0.15, -0.1) is 0 Å². The Kier molecular flexibility index (Phi) is 6.56. The summed E-state index contributed by atoms with van der Waals surface area (Å²) < 4.78 is 6.16. The normalized spacial score (nSPS) is 10.3. The highest BCUT2D eigenvalue weighted by atomic mass is 79.9. The number of carbonyl (C=O) groups excluding carboxylic acids is 2. The van der Waals surface area contributed by atoms with Crippen LogP contribution in [-0.2, 0) is 0 Å². The smallest absolute Gasteiger partial charge is 0.259 e. The molecule has 0 saturated carbocycles. The highest BCUT2D eigenvalue weighted by Crippen LogP contribution is 2.28. The zero-order valence-electron chi connectivity index (χ0n) is 15.8. The second-order valence-electron chi connectivity index (χ2n) is 6.30. The summed E-state index contributed by atoms with van der Waals surface area (Å²) in [5.74, 6) is -0.0308. The lowest BCUT2D eigenvalue weighted by Gasteiger charge is -2.13. The fourth-order valence-electron chi connectivity index (χ4n) is 2.84. The topological polar surface area (TPSA) is 67.4 Å². The Morgan fingerprint density at radius 3 is 2.14 bits per heavy atom. The van der Waals surface area contributed by atoms with Crippen LogP contribution in [0.2, 0.25) is 5.02 Å². The van der Waals surface area contributed by atoms with Gasteiger partial charge in [0.1, 0.15) is 5.75 Å². The molecule has 3 aromatic rings. The lowest BCUT2D eigenvalue weighted by atomic mass is 10.1. The fraction of sp³-hybridized carbons (Fsp3) is 0.0909. The van der Waals surface area contributed by atoms with Gasteiger partial charge < -0.3 is 15.4 Å². The van der Waals surface area contributed by atoms with Gasteiger partial charge >= 0.3 is 0 Å². The van der Waals surface area contributed by atoms with E-state index in [1.807, 2.05) is 13.0 Å². The summed E-state index contributed by atoms with van der Waals surface area (Å²) in [4.78, 5) is 25.0. The molecule has 2 N–H and O–H groups in total. The Balaban J connectivity index is 1.71. The molecule has 0 heterocycles. The second kappa shape index (κ2) is 9.11. The third-order valence-electron chi connectivity index (χ3n) is 4.18. The molecule has 2 amide bonds. The Morgan fingerprint density at radius 2 is 1.55 bits per heavy atom. The van der Waals surface area contributed by atoms with Gasteiger partial charge in [0.25, 0.3) is 11.8 Å². The molecular formula is C22H18BrClN2O3. The van der Waals surface area contributed by atoms with E-state index >= 15 is 0 Å². The van der Waals surface area contributed by atoms with Crippen molar-refractivity contribution in [2.24, 2.45) is 0 Å². The van der Waals surface area contributed by atoms with Crippen LogP contribution < -0.4 is 15.4 Å². The summed E-state index contributed by atoms with van der Waals surface area (Å²) in [7, 11) is 1.53. The molecule has 0 atom stereocenters. The Labute approximate surface area is 182 Å². The van der Waals surface area contributed by atoms with Crippen molar-refractivity contribution >= 4 is 50.7 Å². The maximum Gasteiger partial charge on any atom is 0.259 e. The number of rotatable bonds is 5. The molecule has 0 radical (unpaired) electrons. The van der Waals surface area contributed by atoms with Gasteiger partial charge in [-0.1, -0.05) is 33.6 Å². The van der Waals surface area contributed by atoms with Crippen molar-refractivity contribution in [1.82, 2.24) is 0 Å². The number of hydrogen-bond acceptors (Lipinski definition) is 3. The molecule has 3 aromatic carbocycles. The Bertz CT molecular complexity index is 1070. The largest absolute Gasteiger partial charge is 0.496 e. The van der Waals surface area contributed by atoms with E-state index in [-0.39, 0.29) is 11.8 Å². The van der Waals surface area contributed by atoms with Gasteiger partial charge in [-0.25, -0.2) is 0 Å². The molecule has 0 bridgehead atoms. The first-order valence-corrected chi connectivity index (χ1v) is 9.87. The van der Waals surface area contributed by atoms with Gasteiger partial charge in [0, 0.05) is 26.4 Å². The molecule has 148 valence electrons. The average molecular weight is 474 g/mol. The highest BCUT2D eigenvalue weighted by molar-refractivity contribution is 9.10. The monoisotopic (exact) mass is 472 g/mol. The van der Waals surface area contributed by atoms with Crippen LogP contribution >= 0.6 is 27.5 Å². The first kappa shape index (κ1) is 20.9. The van der Waals surface area contributed by atoms with Gasteiger partial charge in [0.05, 0.1) is 12.7 Å². The van der Waals surface area contributed by atoms with Crippen LogP contribution in [0.4, 0.5) is 11.4 Å². The van der Waals surface area contributed by atoms with Crippen molar-refractivity contribution in [1.29, 1.82) is 0 Å². The SMILES string of the molecule is COc1c(C)cc(Br)cc1C(=O)Nc1ccc(NC(=O)c2cccc(Cl)c2)cc1. The van der Waals surface area contributed by atoms with Gasteiger partial charge in [0.15, 0.2) is 0 Å². The van der Waals surface area contributed by atoms with Crippen molar-refractivity contribution in [3.8, 4) is 5.75 Å². The summed E-state index contributed by atoms with van der Waals surface area (Å²) in [6.45, 7) is 1.87. The molecular weight excluding hydrogens is 456 g/mol. The van der Waals surface area contributed by atoms with Crippen LogP contribution in [0.1, 0.15) is 26.3 Å². The first-order chi connectivity index (χ1) is 13.9. The Morgan fingerprint density at radius 1 is 0.931 bits per heavy atom. The van der Waals surface area contributed by atoms with Crippen molar-refractivity contribution in [2.45, 2.75) is 6.92 Å². The average Bonchev–Trinajstić information content (AvgIpc) is 2.69. The van der Waals surface area contributed by atoms with Crippen molar-refractivity contribution in [3.05, 3.63) is 86.8 Å². The number of amides is 2. The minimum absolute atomic E-state index is 0.265. The van der Waals surface area contributed by atoms with E-state index in [1.165, 1.54) is 7.11 Å². The van der Waals surface area contributed by atoms with Crippen LogP contribution in [0, 0.1) is 6.92 Å². The first-order valence-electron chi connectivity index (χ1n) is 8.70. The third-order valence-corrected chi connectivity index (χ3v) is 4.87. The van der Waals surface area contributed by atoms with Crippen LogP contribution in [-0.4, -0.2) is 18.9 Å². The van der Waals surface area contributed by atoms with Gasteiger partial charge in [-0.3, -0.25) is 9.59 Å². The lowest BCUT2D eigenvalue weighted by molar-refractivity contribution is 0.101. The molecule has 0 fully saturated rings. The quantitative estimate of drug-likeness (QED) is 0.483. The van der Waals surface area contributed by atoms with Crippen molar-refractivity contribution < 1.29 is 14.3 Å². The zero-order valence-corrected chi connectivity index (χ0v) is 18.1. The van der Waals surface area contributed by atoms with Gasteiger partial charge in [0.2, 0.25) is 0 Å². The number of hydrogen-bond donors (Lipinski definition) is 2. The maximum absolute atomic E-state index is 12.7. The highest BCUT2D eigenvalue weighted by Gasteiger charge is 2.16. The van der Waals surface area contributed by atoms with E-state index in [4.69, 9.17) is 16.3 Å². The maximum atomic E-state index is 12.7. The van der Waals surface area contributed by atoms with Crippen molar-refractivity contribution in [2.75, 3.05) is 17.7 Å². The predicted octanol–water partition coefficient (Wildman–Crippen LogP) is 5.92. The lowest BCUT2D eigenvalue weighted by Crippen LogP contribution is -2.14. The van der Waals surface area contributed by atoms with Crippen LogP contribution in [0.3, 0.4) is 0 Å². The molecule has 0 spiro atoms. The number of methoxy groups -OCH3 is 1. The molecule has 5 nitrogen and oxygen atoms in total. The number of halogens is 2. The number of aryl methyl sites for hydroxylation is 1. The van der Waals surface area contributed by atoms with Crippen LogP contribution in [0.15, 0.2) is 65.1 Å². The number of carbonyl (C=O) groups is 2. The van der Waals surface area contributed by atoms with E-state index in [0.29, 0.717) is 33.3 Å². The third kappa shape index (κ3) is 5.16. The molecule has 0 aliphatic carbocycles. The number of benzene rings is 3. The second-order valence-corrected chi connectivity index (χ2v) is 7.65. The number of anilines is 2. The van der Waals surface area contributed by atoms with Gasteiger partial charge in [-0.2, -0.15) is 0 Å². The molecule has 0 saturated heterocycles. The summed E-state index contributed by atoms with van der Waals surface area (Å²) in [6.07, 6.45) is 0.